The largest absolute Gasteiger partial charge is 0.384 e. The van der Waals surface area contributed by atoms with Gasteiger partial charge in [-0.15, -0.1) is 0 Å². The Labute approximate surface area is 109 Å². The number of rotatable bonds is 4. The highest BCUT2D eigenvalue weighted by Crippen LogP contribution is 2.38. The fourth-order valence-corrected chi connectivity index (χ4v) is 2.69. The highest BCUT2D eigenvalue weighted by atomic mass is 15.2. The van der Waals surface area contributed by atoms with Gasteiger partial charge in [-0.1, -0.05) is 13.8 Å². The highest BCUT2D eigenvalue weighted by molar-refractivity contribution is 5.94. The second-order valence-corrected chi connectivity index (χ2v) is 5.20. The number of nitrogens with one attached hydrogen (secondary N) is 1. The van der Waals surface area contributed by atoms with Gasteiger partial charge in [-0.25, -0.2) is 4.98 Å². The summed E-state index contributed by atoms with van der Waals surface area (Å²) >= 11 is 0. The minimum Gasteiger partial charge on any atom is -0.384 e. The van der Waals surface area contributed by atoms with E-state index in [4.69, 9.17) is 11.1 Å². The first-order valence-electron chi connectivity index (χ1n) is 6.65. The summed E-state index contributed by atoms with van der Waals surface area (Å²) in [6, 6.07) is 3.85. The SMILES string of the molecule is CCC1(CC)CCN(c2ccc(C(=N)N)cn2)C1. The minimum absolute atomic E-state index is 0.0759. The Morgan fingerprint density at radius 1 is 1.44 bits per heavy atom. The van der Waals surface area contributed by atoms with E-state index in [0.29, 0.717) is 11.0 Å². The molecule has 1 saturated heterocycles. The summed E-state index contributed by atoms with van der Waals surface area (Å²) in [6.45, 7) is 6.72. The van der Waals surface area contributed by atoms with Gasteiger partial charge < -0.3 is 10.6 Å². The first-order valence-corrected chi connectivity index (χ1v) is 6.65. The molecule has 4 nitrogen and oxygen atoms in total. The molecule has 2 heterocycles. The fourth-order valence-electron chi connectivity index (χ4n) is 2.69. The molecule has 2 rings (SSSR count). The molecule has 0 spiro atoms. The Balaban J connectivity index is 2.12. The van der Waals surface area contributed by atoms with Crippen LogP contribution in [-0.4, -0.2) is 23.9 Å². The summed E-state index contributed by atoms with van der Waals surface area (Å²) in [5, 5.41) is 7.36. The molecule has 3 N–H and O–H groups in total. The van der Waals surface area contributed by atoms with Crippen molar-refractivity contribution in [2.75, 3.05) is 18.0 Å². The van der Waals surface area contributed by atoms with E-state index in [9.17, 15) is 0 Å². The molecule has 0 aromatic carbocycles. The number of anilines is 1. The molecule has 18 heavy (non-hydrogen) atoms. The summed E-state index contributed by atoms with van der Waals surface area (Å²) in [4.78, 5) is 6.77. The van der Waals surface area contributed by atoms with Gasteiger partial charge in [0.05, 0.1) is 0 Å². The van der Waals surface area contributed by atoms with Crippen molar-refractivity contribution in [3.63, 3.8) is 0 Å². The van der Waals surface area contributed by atoms with Gasteiger partial charge in [0, 0.05) is 24.8 Å². The van der Waals surface area contributed by atoms with Gasteiger partial charge in [-0.3, -0.25) is 5.41 Å². The average Bonchev–Trinajstić information content (AvgIpc) is 2.84. The quantitative estimate of drug-likeness (QED) is 0.633. The van der Waals surface area contributed by atoms with Crippen LogP contribution in [0.2, 0.25) is 0 Å². The number of amidine groups is 1. The van der Waals surface area contributed by atoms with Crippen LogP contribution in [-0.2, 0) is 0 Å². The third kappa shape index (κ3) is 2.33. The topological polar surface area (TPSA) is 66.0 Å². The van der Waals surface area contributed by atoms with Crippen molar-refractivity contribution in [1.82, 2.24) is 4.98 Å². The number of nitrogens with two attached hydrogens (primary N) is 1. The molecule has 1 aromatic rings. The first kappa shape index (κ1) is 12.9. The monoisotopic (exact) mass is 246 g/mol. The predicted octanol–water partition coefficient (Wildman–Crippen LogP) is 2.38. The van der Waals surface area contributed by atoms with Gasteiger partial charge in [-0.2, -0.15) is 0 Å². The predicted molar refractivity (Wildman–Crippen MR) is 75.1 cm³/mol. The summed E-state index contributed by atoms with van der Waals surface area (Å²) in [6.07, 6.45) is 5.39. The number of aromatic nitrogens is 1. The number of hydrogen-bond acceptors (Lipinski definition) is 3. The minimum atomic E-state index is 0.0759. The number of pyridine rings is 1. The summed E-state index contributed by atoms with van der Waals surface area (Å²) < 4.78 is 0. The maximum absolute atomic E-state index is 7.36. The third-order valence-corrected chi connectivity index (χ3v) is 4.32. The molecule has 0 radical (unpaired) electrons. The Kier molecular flexibility index (Phi) is 3.55. The summed E-state index contributed by atoms with van der Waals surface area (Å²) in [5.74, 6) is 1.08. The normalized spacial score (nSPS) is 18.0. The van der Waals surface area contributed by atoms with Crippen LogP contribution in [0.5, 0.6) is 0 Å². The van der Waals surface area contributed by atoms with Crippen molar-refractivity contribution < 1.29 is 0 Å². The zero-order valence-electron chi connectivity index (χ0n) is 11.2. The molecule has 0 aliphatic carbocycles. The van der Waals surface area contributed by atoms with Crippen molar-refractivity contribution in [2.45, 2.75) is 33.1 Å². The van der Waals surface area contributed by atoms with Crippen molar-refractivity contribution in [3.05, 3.63) is 23.9 Å². The molecule has 0 amide bonds. The van der Waals surface area contributed by atoms with Gasteiger partial charge in [0.25, 0.3) is 0 Å². The molecule has 1 aliphatic heterocycles. The molecule has 98 valence electrons. The average molecular weight is 246 g/mol. The van der Waals surface area contributed by atoms with E-state index in [1.165, 1.54) is 19.3 Å². The maximum atomic E-state index is 7.36. The van der Waals surface area contributed by atoms with Gasteiger partial charge >= 0.3 is 0 Å². The zero-order chi connectivity index (χ0) is 13.2. The van der Waals surface area contributed by atoms with E-state index in [2.05, 4.69) is 23.7 Å². The Morgan fingerprint density at radius 3 is 2.61 bits per heavy atom. The van der Waals surface area contributed by atoms with Gasteiger partial charge in [0.1, 0.15) is 11.7 Å². The van der Waals surface area contributed by atoms with Crippen LogP contribution in [0.1, 0.15) is 38.7 Å². The number of nitrogen functional groups attached to an aromatic ring is 1. The van der Waals surface area contributed by atoms with E-state index in [0.717, 1.165) is 18.9 Å². The van der Waals surface area contributed by atoms with Crippen LogP contribution < -0.4 is 10.6 Å². The molecule has 0 bridgehead atoms. The van der Waals surface area contributed by atoms with Crippen molar-refractivity contribution >= 4 is 11.7 Å². The number of nitrogens with zero attached hydrogens (tertiary/aromatic N) is 2. The second-order valence-electron chi connectivity index (χ2n) is 5.20. The Morgan fingerprint density at radius 2 is 2.17 bits per heavy atom. The highest BCUT2D eigenvalue weighted by Gasteiger charge is 2.35. The first-order chi connectivity index (χ1) is 8.60. The molecule has 0 atom stereocenters. The molecule has 1 fully saturated rings. The van der Waals surface area contributed by atoms with Gasteiger partial charge in [0.15, 0.2) is 0 Å². The zero-order valence-corrected chi connectivity index (χ0v) is 11.2. The molecule has 0 saturated carbocycles. The fraction of sp³-hybridized carbons (Fsp3) is 0.571. The maximum Gasteiger partial charge on any atom is 0.128 e. The van der Waals surface area contributed by atoms with Gasteiger partial charge in [0.2, 0.25) is 0 Å². The molecule has 1 aromatic heterocycles. The lowest BCUT2D eigenvalue weighted by Crippen LogP contribution is -2.26. The number of hydrogen-bond donors (Lipinski definition) is 2. The smallest absolute Gasteiger partial charge is 0.128 e. The van der Waals surface area contributed by atoms with Crippen LogP contribution in [0, 0.1) is 10.8 Å². The second kappa shape index (κ2) is 4.96. The lowest BCUT2D eigenvalue weighted by Gasteiger charge is -2.26. The summed E-state index contributed by atoms with van der Waals surface area (Å²) in [7, 11) is 0. The van der Waals surface area contributed by atoms with Crippen LogP contribution in [0.3, 0.4) is 0 Å². The van der Waals surface area contributed by atoms with E-state index in [1.54, 1.807) is 6.20 Å². The van der Waals surface area contributed by atoms with Crippen LogP contribution in [0.15, 0.2) is 18.3 Å². The van der Waals surface area contributed by atoms with Crippen LogP contribution >= 0.6 is 0 Å². The third-order valence-electron chi connectivity index (χ3n) is 4.32. The van der Waals surface area contributed by atoms with Crippen LogP contribution in [0.25, 0.3) is 0 Å². The lowest BCUT2D eigenvalue weighted by atomic mass is 9.82. The molecule has 0 unspecified atom stereocenters. The standard InChI is InChI=1S/C14H22N4/c1-3-14(4-2)7-8-18(10-14)12-6-5-11(9-17-12)13(15)16/h5-6,9H,3-4,7-8,10H2,1-2H3,(H3,15,16). The van der Waals surface area contributed by atoms with Gasteiger partial charge in [-0.05, 0) is 36.8 Å². The van der Waals surface area contributed by atoms with E-state index < -0.39 is 0 Å². The molecule has 4 heteroatoms. The van der Waals surface area contributed by atoms with Crippen molar-refractivity contribution in [1.29, 1.82) is 5.41 Å². The van der Waals surface area contributed by atoms with E-state index in [1.807, 2.05) is 12.1 Å². The Bertz CT molecular complexity index is 420. The molecular formula is C14H22N4. The van der Waals surface area contributed by atoms with Crippen molar-refractivity contribution in [3.8, 4) is 0 Å². The van der Waals surface area contributed by atoms with Crippen molar-refractivity contribution in [2.24, 2.45) is 11.1 Å². The van der Waals surface area contributed by atoms with Crippen LogP contribution in [0.4, 0.5) is 5.82 Å². The lowest BCUT2D eigenvalue weighted by molar-refractivity contribution is 0.301. The van der Waals surface area contributed by atoms with E-state index in [-0.39, 0.29) is 5.84 Å². The Hall–Kier alpha value is -1.58. The van der Waals surface area contributed by atoms with E-state index >= 15 is 0 Å². The summed E-state index contributed by atoms with van der Waals surface area (Å²) in [5.41, 5.74) is 6.58. The molecular weight excluding hydrogens is 224 g/mol. The molecule has 1 aliphatic rings.